The second-order valence-electron chi connectivity index (χ2n) is 4.96. The summed E-state index contributed by atoms with van der Waals surface area (Å²) in [5.74, 6) is 0.406. The summed E-state index contributed by atoms with van der Waals surface area (Å²) in [4.78, 5) is 4.50. The van der Waals surface area contributed by atoms with Crippen LogP contribution < -0.4 is 4.74 Å². The Kier molecular flexibility index (Phi) is 4.69. The Balaban J connectivity index is 1.96. The van der Waals surface area contributed by atoms with Gasteiger partial charge in [-0.15, -0.1) is 11.3 Å². The van der Waals surface area contributed by atoms with Crippen molar-refractivity contribution in [1.82, 2.24) is 4.98 Å². The highest BCUT2D eigenvalue weighted by Crippen LogP contribution is 2.29. The number of thiazole rings is 1. The van der Waals surface area contributed by atoms with Crippen LogP contribution >= 0.6 is 11.3 Å². The molecule has 0 unspecified atom stereocenters. The monoisotopic (exact) mass is 336 g/mol. The number of allylic oxidation sites excluding steroid dienone is 1. The molecule has 0 aliphatic carbocycles. The van der Waals surface area contributed by atoms with E-state index in [1.165, 1.54) is 23.5 Å². The van der Waals surface area contributed by atoms with Crippen molar-refractivity contribution in [3.05, 3.63) is 70.3 Å². The van der Waals surface area contributed by atoms with Gasteiger partial charge in [-0.25, -0.2) is 9.37 Å². The summed E-state index contributed by atoms with van der Waals surface area (Å²) in [6, 6.07) is 15.8. The van der Waals surface area contributed by atoms with Gasteiger partial charge in [-0.2, -0.15) is 5.26 Å². The van der Waals surface area contributed by atoms with Crippen molar-refractivity contribution >= 4 is 23.0 Å². The van der Waals surface area contributed by atoms with Gasteiger partial charge in [-0.05, 0) is 36.4 Å². The molecule has 0 aliphatic rings. The van der Waals surface area contributed by atoms with E-state index in [1.54, 1.807) is 25.3 Å². The first-order valence-corrected chi connectivity index (χ1v) is 8.06. The van der Waals surface area contributed by atoms with Crippen molar-refractivity contribution < 1.29 is 9.13 Å². The lowest BCUT2D eigenvalue weighted by molar-refractivity contribution is 0.414. The van der Waals surface area contributed by atoms with Gasteiger partial charge in [0, 0.05) is 16.5 Å². The summed E-state index contributed by atoms with van der Waals surface area (Å²) in [5, 5.41) is 11.9. The summed E-state index contributed by atoms with van der Waals surface area (Å²) in [5.41, 5.74) is 2.80. The standard InChI is InChI=1S/C19H13FN2OS/c1-23-18-5-3-2-4-14(18)10-15(11-21)19-22-17(12-24-19)13-6-8-16(20)9-7-13/h2-10,12H,1H3/b15-10-. The maximum atomic E-state index is 13.0. The summed E-state index contributed by atoms with van der Waals surface area (Å²) in [6.45, 7) is 0. The zero-order chi connectivity index (χ0) is 16.9. The summed E-state index contributed by atoms with van der Waals surface area (Å²) >= 11 is 1.38. The lowest BCUT2D eigenvalue weighted by atomic mass is 10.1. The Bertz CT molecular complexity index is 923. The zero-order valence-corrected chi connectivity index (χ0v) is 13.7. The first-order valence-electron chi connectivity index (χ1n) is 7.18. The number of rotatable bonds is 4. The van der Waals surface area contributed by atoms with Gasteiger partial charge in [0.15, 0.2) is 0 Å². The quantitative estimate of drug-likeness (QED) is 0.628. The number of hydrogen-bond acceptors (Lipinski definition) is 4. The van der Waals surface area contributed by atoms with Crippen LogP contribution in [0.5, 0.6) is 5.75 Å². The molecule has 3 nitrogen and oxygen atoms in total. The van der Waals surface area contributed by atoms with Crippen molar-refractivity contribution in [3.8, 4) is 23.1 Å². The average Bonchev–Trinajstić information content (AvgIpc) is 3.10. The minimum Gasteiger partial charge on any atom is -0.496 e. The minimum absolute atomic E-state index is 0.289. The maximum absolute atomic E-state index is 13.0. The fourth-order valence-electron chi connectivity index (χ4n) is 2.23. The van der Waals surface area contributed by atoms with Gasteiger partial charge in [0.2, 0.25) is 0 Å². The largest absolute Gasteiger partial charge is 0.496 e. The SMILES string of the molecule is COc1ccccc1/C=C(/C#N)c1nc(-c2ccc(F)cc2)cs1. The first kappa shape index (κ1) is 15.9. The van der Waals surface area contributed by atoms with Crippen molar-refractivity contribution in [2.24, 2.45) is 0 Å². The van der Waals surface area contributed by atoms with Crippen LogP contribution in [0.3, 0.4) is 0 Å². The van der Waals surface area contributed by atoms with Crippen LogP contribution in [0.25, 0.3) is 22.9 Å². The number of hydrogen-bond donors (Lipinski definition) is 0. The number of para-hydroxylation sites is 1. The van der Waals surface area contributed by atoms with E-state index in [9.17, 15) is 9.65 Å². The predicted octanol–water partition coefficient (Wildman–Crippen LogP) is 5.02. The van der Waals surface area contributed by atoms with Gasteiger partial charge in [0.05, 0.1) is 18.4 Å². The first-order chi connectivity index (χ1) is 11.7. The zero-order valence-electron chi connectivity index (χ0n) is 12.9. The van der Waals surface area contributed by atoms with Gasteiger partial charge >= 0.3 is 0 Å². The highest BCUT2D eigenvalue weighted by atomic mass is 32.1. The van der Waals surface area contributed by atoms with E-state index in [0.29, 0.717) is 16.3 Å². The van der Waals surface area contributed by atoms with E-state index in [2.05, 4.69) is 11.1 Å². The molecule has 5 heteroatoms. The third-order valence-corrected chi connectivity index (χ3v) is 4.31. The molecule has 0 N–H and O–H groups in total. The topological polar surface area (TPSA) is 45.9 Å². The van der Waals surface area contributed by atoms with Gasteiger partial charge in [-0.3, -0.25) is 0 Å². The lowest BCUT2D eigenvalue weighted by Gasteiger charge is -2.04. The molecule has 2 aromatic carbocycles. The number of benzene rings is 2. The van der Waals surface area contributed by atoms with Crippen LogP contribution in [0.15, 0.2) is 53.9 Å². The normalized spacial score (nSPS) is 11.1. The molecule has 1 heterocycles. The third-order valence-electron chi connectivity index (χ3n) is 3.43. The molecule has 3 aromatic rings. The number of nitrogens with zero attached hydrogens (tertiary/aromatic N) is 2. The van der Waals surface area contributed by atoms with E-state index in [0.717, 1.165) is 16.8 Å². The fourth-order valence-corrected chi connectivity index (χ4v) is 3.03. The van der Waals surface area contributed by atoms with Gasteiger partial charge < -0.3 is 4.74 Å². The molecule has 0 spiro atoms. The highest BCUT2D eigenvalue weighted by Gasteiger charge is 2.10. The van der Waals surface area contributed by atoms with Crippen LogP contribution in [0.2, 0.25) is 0 Å². The third kappa shape index (κ3) is 3.34. The van der Waals surface area contributed by atoms with Gasteiger partial charge in [0.25, 0.3) is 0 Å². The molecule has 0 fully saturated rings. The number of aromatic nitrogens is 1. The molecule has 1 aromatic heterocycles. The van der Waals surface area contributed by atoms with Crippen molar-refractivity contribution in [2.75, 3.05) is 7.11 Å². The second kappa shape index (κ2) is 7.07. The molecule has 24 heavy (non-hydrogen) atoms. The van der Waals surface area contributed by atoms with E-state index in [-0.39, 0.29) is 5.82 Å². The molecular weight excluding hydrogens is 323 g/mol. The Morgan fingerprint density at radius 3 is 2.67 bits per heavy atom. The van der Waals surface area contributed by atoms with Crippen molar-refractivity contribution in [1.29, 1.82) is 5.26 Å². The predicted molar refractivity (Wildman–Crippen MR) is 94.0 cm³/mol. The van der Waals surface area contributed by atoms with Crippen LogP contribution in [-0.2, 0) is 0 Å². The molecule has 0 atom stereocenters. The van der Waals surface area contributed by atoms with Crippen molar-refractivity contribution in [2.45, 2.75) is 0 Å². The second-order valence-corrected chi connectivity index (χ2v) is 5.81. The summed E-state index contributed by atoms with van der Waals surface area (Å²) < 4.78 is 18.3. The molecule has 3 rings (SSSR count). The molecule has 0 radical (unpaired) electrons. The fraction of sp³-hybridized carbons (Fsp3) is 0.0526. The minimum atomic E-state index is -0.289. The van der Waals surface area contributed by atoms with E-state index >= 15 is 0 Å². The number of nitriles is 1. The highest BCUT2D eigenvalue weighted by molar-refractivity contribution is 7.11. The van der Waals surface area contributed by atoms with Crippen LogP contribution in [0.4, 0.5) is 4.39 Å². The molecule has 0 aliphatic heterocycles. The number of halogens is 1. The van der Waals surface area contributed by atoms with E-state index < -0.39 is 0 Å². The number of methoxy groups -OCH3 is 1. The maximum Gasteiger partial charge on any atom is 0.134 e. The van der Waals surface area contributed by atoms with E-state index in [1.807, 2.05) is 29.6 Å². The Hall–Kier alpha value is -2.97. The van der Waals surface area contributed by atoms with Crippen LogP contribution in [0.1, 0.15) is 10.6 Å². The van der Waals surface area contributed by atoms with Crippen LogP contribution in [-0.4, -0.2) is 12.1 Å². The van der Waals surface area contributed by atoms with Gasteiger partial charge in [-0.1, -0.05) is 18.2 Å². The molecule has 0 saturated heterocycles. The Morgan fingerprint density at radius 2 is 1.96 bits per heavy atom. The smallest absolute Gasteiger partial charge is 0.134 e. The summed E-state index contributed by atoms with van der Waals surface area (Å²) in [6.07, 6.45) is 1.76. The summed E-state index contributed by atoms with van der Waals surface area (Å²) in [7, 11) is 1.59. The van der Waals surface area contributed by atoms with Crippen LogP contribution in [0, 0.1) is 17.1 Å². The molecule has 0 saturated carbocycles. The molecule has 0 amide bonds. The van der Waals surface area contributed by atoms with E-state index in [4.69, 9.17) is 4.74 Å². The molecular formula is C19H13FN2OS. The molecule has 0 bridgehead atoms. The number of ether oxygens (including phenoxy) is 1. The van der Waals surface area contributed by atoms with Gasteiger partial charge in [0.1, 0.15) is 22.6 Å². The molecule has 118 valence electrons. The Labute approximate surface area is 143 Å². The van der Waals surface area contributed by atoms with Crippen molar-refractivity contribution in [3.63, 3.8) is 0 Å². The Morgan fingerprint density at radius 1 is 1.21 bits per heavy atom. The lowest BCUT2D eigenvalue weighted by Crippen LogP contribution is -1.87. The average molecular weight is 336 g/mol.